The summed E-state index contributed by atoms with van der Waals surface area (Å²) < 4.78 is 0. The molecule has 138 valence electrons. The Morgan fingerprint density at radius 1 is 1.11 bits per heavy atom. The van der Waals surface area contributed by atoms with E-state index in [2.05, 4.69) is 6.07 Å². The van der Waals surface area contributed by atoms with E-state index in [0.717, 1.165) is 11.1 Å². The topological polar surface area (TPSA) is 64.4 Å². The van der Waals surface area contributed by atoms with Crippen LogP contribution in [0, 0.1) is 17.2 Å². The molecule has 2 aromatic carbocycles. The zero-order chi connectivity index (χ0) is 19.4. The Morgan fingerprint density at radius 3 is 2.37 bits per heavy atom. The molecular formula is C22H23N3O2. The van der Waals surface area contributed by atoms with Gasteiger partial charge in [0.05, 0.1) is 12.6 Å². The monoisotopic (exact) mass is 361 g/mol. The van der Waals surface area contributed by atoms with Gasteiger partial charge >= 0.3 is 0 Å². The molecule has 5 heteroatoms. The maximum absolute atomic E-state index is 12.6. The fourth-order valence-electron chi connectivity index (χ4n) is 3.47. The molecular weight excluding hydrogens is 338 g/mol. The predicted molar refractivity (Wildman–Crippen MR) is 104 cm³/mol. The molecule has 0 radical (unpaired) electrons. The van der Waals surface area contributed by atoms with Crippen LogP contribution in [0.15, 0.2) is 54.6 Å². The first-order chi connectivity index (χ1) is 13.0. The zero-order valence-electron chi connectivity index (χ0n) is 15.6. The number of benzene rings is 2. The summed E-state index contributed by atoms with van der Waals surface area (Å²) in [6, 6.07) is 19.1. The Bertz CT molecular complexity index is 855. The van der Waals surface area contributed by atoms with Crippen molar-refractivity contribution in [3.8, 4) is 17.2 Å². The van der Waals surface area contributed by atoms with Gasteiger partial charge in [-0.2, -0.15) is 5.26 Å². The van der Waals surface area contributed by atoms with Crippen molar-refractivity contribution in [1.82, 2.24) is 9.80 Å². The summed E-state index contributed by atoms with van der Waals surface area (Å²) in [5.41, 5.74) is 2.66. The van der Waals surface area contributed by atoms with Crippen molar-refractivity contribution in [1.29, 1.82) is 5.26 Å². The number of nitriles is 1. The molecule has 0 aliphatic carbocycles. The number of rotatable bonds is 4. The summed E-state index contributed by atoms with van der Waals surface area (Å²) in [5, 5.41) is 9.22. The second-order valence-electron chi connectivity index (χ2n) is 7.14. The molecule has 27 heavy (non-hydrogen) atoms. The lowest BCUT2D eigenvalue weighted by molar-refractivity contribution is -0.131. The Kier molecular flexibility index (Phi) is 5.56. The summed E-state index contributed by atoms with van der Waals surface area (Å²) in [6.07, 6.45) is 0.695. The first kappa shape index (κ1) is 18.7. The van der Waals surface area contributed by atoms with Gasteiger partial charge in [-0.05, 0) is 35.6 Å². The van der Waals surface area contributed by atoms with E-state index in [9.17, 15) is 14.9 Å². The molecule has 1 saturated heterocycles. The molecule has 2 atom stereocenters. The molecule has 0 spiro atoms. The smallest absolute Gasteiger partial charge is 0.254 e. The molecule has 2 unspecified atom stereocenters. The van der Waals surface area contributed by atoms with E-state index in [-0.39, 0.29) is 24.4 Å². The summed E-state index contributed by atoms with van der Waals surface area (Å²) in [5.74, 6) is -0.0727. The van der Waals surface area contributed by atoms with Crippen LogP contribution in [0.25, 0.3) is 11.1 Å². The molecule has 3 rings (SSSR count). The highest BCUT2D eigenvalue weighted by Crippen LogP contribution is 2.23. The van der Waals surface area contributed by atoms with Crippen LogP contribution in [0.5, 0.6) is 0 Å². The van der Waals surface area contributed by atoms with Crippen molar-refractivity contribution in [2.24, 2.45) is 5.92 Å². The Hall–Kier alpha value is -3.13. The average Bonchev–Trinajstić information content (AvgIpc) is 3.09. The number of likely N-dealkylation sites (N-methyl/N-ethyl adjacent to an activating group) is 1. The first-order valence-electron chi connectivity index (χ1n) is 9.09. The van der Waals surface area contributed by atoms with Crippen LogP contribution in [0.1, 0.15) is 23.7 Å². The molecule has 0 saturated carbocycles. The molecule has 1 fully saturated rings. The average molecular weight is 361 g/mol. The van der Waals surface area contributed by atoms with Crippen LogP contribution in [0.4, 0.5) is 0 Å². The van der Waals surface area contributed by atoms with Crippen molar-refractivity contribution in [2.75, 3.05) is 20.1 Å². The molecule has 1 aliphatic heterocycles. The van der Waals surface area contributed by atoms with Crippen LogP contribution in [-0.2, 0) is 4.79 Å². The van der Waals surface area contributed by atoms with Gasteiger partial charge in [0, 0.05) is 19.2 Å². The highest BCUT2D eigenvalue weighted by Gasteiger charge is 2.33. The van der Waals surface area contributed by atoms with E-state index in [1.54, 1.807) is 24.1 Å². The second kappa shape index (κ2) is 8.05. The number of hydrogen-bond donors (Lipinski definition) is 0. The van der Waals surface area contributed by atoms with Crippen LogP contribution in [0.3, 0.4) is 0 Å². The van der Waals surface area contributed by atoms with Crippen molar-refractivity contribution in [2.45, 2.75) is 19.4 Å². The van der Waals surface area contributed by atoms with Gasteiger partial charge in [-0.1, -0.05) is 49.4 Å². The predicted octanol–water partition coefficient (Wildman–Crippen LogP) is 3.19. The van der Waals surface area contributed by atoms with Gasteiger partial charge in [-0.15, -0.1) is 0 Å². The number of likely N-dealkylation sites (tertiary alicyclic amines) is 1. The van der Waals surface area contributed by atoms with Crippen LogP contribution < -0.4 is 0 Å². The van der Waals surface area contributed by atoms with E-state index < -0.39 is 0 Å². The Labute approximate surface area is 159 Å². The highest BCUT2D eigenvalue weighted by atomic mass is 16.2. The van der Waals surface area contributed by atoms with Crippen molar-refractivity contribution < 1.29 is 9.59 Å². The SMILES string of the molecule is CC1CC(C#N)N(C(=O)CN(C)C(=O)c2ccc(-c3ccccc3)cc2)C1. The molecule has 0 N–H and O–H groups in total. The minimum atomic E-state index is -0.388. The van der Waals surface area contributed by atoms with E-state index in [1.807, 2.05) is 49.4 Å². The number of nitrogens with zero attached hydrogens (tertiary/aromatic N) is 3. The maximum atomic E-state index is 12.6. The van der Waals surface area contributed by atoms with E-state index in [4.69, 9.17) is 0 Å². The lowest BCUT2D eigenvalue weighted by atomic mass is 10.0. The third kappa shape index (κ3) is 4.17. The van der Waals surface area contributed by atoms with Gasteiger partial charge in [-0.25, -0.2) is 0 Å². The molecule has 5 nitrogen and oxygen atoms in total. The standard InChI is InChI=1S/C22H23N3O2/c1-16-12-20(13-23)25(14-16)21(26)15-24(2)22(27)19-10-8-18(9-11-19)17-6-4-3-5-7-17/h3-11,16,20H,12,14-15H2,1-2H3. The molecule has 1 aliphatic rings. The Morgan fingerprint density at radius 2 is 1.74 bits per heavy atom. The van der Waals surface area contributed by atoms with Crippen molar-refractivity contribution >= 4 is 11.8 Å². The largest absolute Gasteiger partial charge is 0.332 e. The lowest BCUT2D eigenvalue weighted by Gasteiger charge is -2.24. The quantitative estimate of drug-likeness (QED) is 0.840. The van der Waals surface area contributed by atoms with E-state index in [1.165, 1.54) is 4.90 Å². The molecule has 2 amide bonds. The number of hydrogen-bond acceptors (Lipinski definition) is 3. The summed E-state index contributed by atoms with van der Waals surface area (Å²) >= 11 is 0. The minimum Gasteiger partial charge on any atom is -0.332 e. The van der Waals surface area contributed by atoms with Gasteiger partial charge < -0.3 is 9.80 Å². The molecule has 2 aromatic rings. The fourth-order valence-corrected chi connectivity index (χ4v) is 3.47. The third-order valence-electron chi connectivity index (χ3n) is 4.94. The number of carbonyl (C=O) groups is 2. The Balaban J connectivity index is 1.65. The van der Waals surface area contributed by atoms with Crippen LogP contribution in [-0.4, -0.2) is 47.8 Å². The van der Waals surface area contributed by atoms with Gasteiger partial charge in [0.1, 0.15) is 6.04 Å². The normalized spacial score (nSPS) is 18.8. The maximum Gasteiger partial charge on any atom is 0.254 e. The summed E-state index contributed by atoms with van der Waals surface area (Å²) in [6.45, 7) is 2.58. The van der Waals surface area contributed by atoms with Gasteiger partial charge in [0.25, 0.3) is 5.91 Å². The molecule has 1 heterocycles. The van der Waals surface area contributed by atoms with Crippen LogP contribution in [0.2, 0.25) is 0 Å². The van der Waals surface area contributed by atoms with Crippen molar-refractivity contribution in [3.05, 3.63) is 60.2 Å². The first-order valence-corrected chi connectivity index (χ1v) is 9.09. The van der Waals surface area contributed by atoms with Crippen LogP contribution >= 0.6 is 0 Å². The van der Waals surface area contributed by atoms with Gasteiger partial charge in [-0.3, -0.25) is 9.59 Å². The molecule has 0 aromatic heterocycles. The minimum absolute atomic E-state index is 0.0236. The third-order valence-corrected chi connectivity index (χ3v) is 4.94. The van der Waals surface area contributed by atoms with Crippen molar-refractivity contribution in [3.63, 3.8) is 0 Å². The number of carbonyl (C=O) groups excluding carboxylic acids is 2. The fraction of sp³-hybridized carbons (Fsp3) is 0.318. The van der Waals surface area contributed by atoms with Gasteiger partial charge in [0.15, 0.2) is 0 Å². The highest BCUT2D eigenvalue weighted by molar-refractivity contribution is 5.96. The van der Waals surface area contributed by atoms with Gasteiger partial charge in [0.2, 0.25) is 5.91 Å². The zero-order valence-corrected chi connectivity index (χ0v) is 15.6. The van der Waals surface area contributed by atoms with E-state index >= 15 is 0 Å². The summed E-state index contributed by atoms with van der Waals surface area (Å²) in [7, 11) is 1.62. The molecule has 0 bridgehead atoms. The summed E-state index contributed by atoms with van der Waals surface area (Å²) in [4.78, 5) is 28.2. The number of amides is 2. The lowest BCUT2D eigenvalue weighted by Crippen LogP contribution is -2.43. The second-order valence-corrected chi connectivity index (χ2v) is 7.14. The van der Waals surface area contributed by atoms with E-state index in [0.29, 0.717) is 24.4 Å².